The normalized spacial score (nSPS) is 17.6. The van der Waals surface area contributed by atoms with Crippen LogP contribution >= 0.6 is 11.3 Å². The quantitative estimate of drug-likeness (QED) is 0.905. The van der Waals surface area contributed by atoms with Crippen molar-refractivity contribution in [3.8, 4) is 0 Å². The minimum atomic E-state index is -0.918. The van der Waals surface area contributed by atoms with Crippen LogP contribution in [0.4, 0.5) is 5.82 Å². The van der Waals surface area contributed by atoms with Crippen molar-refractivity contribution in [2.45, 2.75) is 32.2 Å². The number of rotatable bonds is 3. The number of thiophene rings is 1. The molecular weight excluding hydrogens is 272 g/mol. The van der Waals surface area contributed by atoms with Gasteiger partial charge in [-0.2, -0.15) is 0 Å². The molecule has 20 heavy (non-hydrogen) atoms. The average Bonchev–Trinajstić information content (AvgIpc) is 2.87. The van der Waals surface area contributed by atoms with Crippen LogP contribution in [0.1, 0.15) is 45.4 Å². The van der Waals surface area contributed by atoms with E-state index in [1.807, 2.05) is 6.92 Å². The molecule has 0 aromatic carbocycles. The molecule has 104 valence electrons. The lowest BCUT2D eigenvalue weighted by Crippen LogP contribution is -2.17. The lowest BCUT2D eigenvalue weighted by Gasteiger charge is -2.24. The van der Waals surface area contributed by atoms with Gasteiger partial charge in [-0.25, -0.2) is 9.78 Å². The fraction of sp³-hybridized carbons (Fsp3) is 0.333. The number of nitrogens with zero attached hydrogens (tertiary/aromatic N) is 1. The third-order valence-electron chi connectivity index (χ3n) is 3.57. The number of aryl methyl sites for hydroxylation is 2. The highest BCUT2D eigenvalue weighted by atomic mass is 32.1. The van der Waals surface area contributed by atoms with E-state index in [0.29, 0.717) is 11.5 Å². The molecule has 0 aliphatic heterocycles. The standard InChI is InChI=1S/C15H16N2O2S/c1-9-7-10(15(18)19)8-14(16-9)17-12-3-2-4-13-11(12)5-6-20-13/h5-8,12H,2-4H2,1H3,(H,16,17)(H,18,19). The van der Waals surface area contributed by atoms with Crippen LogP contribution in [0.2, 0.25) is 0 Å². The number of hydrogen-bond acceptors (Lipinski definition) is 4. The van der Waals surface area contributed by atoms with E-state index < -0.39 is 5.97 Å². The number of hydrogen-bond donors (Lipinski definition) is 2. The van der Waals surface area contributed by atoms with Gasteiger partial charge in [-0.05, 0) is 55.3 Å². The van der Waals surface area contributed by atoms with E-state index in [4.69, 9.17) is 5.11 Å². The fourth-order valence-electron chi connectivity index (χ4n) is 2.68. The molecule has 2 aromatic heterocycles. The highest BCUT2D eigenvalue weighted by Crippen LogP contribution is 2.35. The monoisotopic (exact) mass is 288 g/mol. The van der Waals surface area contributed by atoms with Crippen LogP contribution in [0, 0.1) is 6.92 Å². The van der Waals surface area contributed by atoms with Crippen molar-refractivity contribution < 1.29 is 9.90 Å². The molecule has 0 bridgehead atoms. The van der Waals surface area contributed by atoms with E-state index in [-0.39, 0.29) is 11.6 Å². The number of aromatic carboxylic acids is 1. The van der Waals surface area contributed by atoms with Gasteiger partial charge < -0.3 is 10.4 Å². The lowest BCUT2D eigenvalue weighted by molar-refractivity contribution is 0.0696. The van der Waals surface area contributed by atoms with Crippen LogP contribution in [0.25, 0.3) is 0 Å². The van der Waals surface area contributed by atoms with Crippen molar-refractivity contribution in [3.05, 3.63) is 45.3 Å². The Balaban J connectivity index is 1.88. The Morgan fingerprint density at radius 3 is 3.15 bits per heavy atom. The Morgan fingerprint density at radius 2 is 2.35 bits per heavy atom. The molecule has 0 spiro atoms. The zero-order chi connectivity index (χ0) is 14.1. The first kappa shape index (κ1) is 13.1. The van der Waals surface area contributed by atoms with E-state index in [9.17, 15) is 4.79 Å². The summed E-state index contributed by atoms with van der Waals surface area (Å²) < 4.78 is 0. The Morgan fingerprint density at radius 1 is 1.50 bits per heavy atom. The first-order valence-electron chi connectivity index (χ1n) is 6.68. The van der Waals surface area contributed by atoms with Gasteiger partial charge in [0, 0.05) is 10.6 Å². The summed E-state index contributed by atoms with van der Waals surface area (Å²) >= 11 is 1.80. The van der Waals surface area contributed by atoms with E-state index >= 15 is 0 Å². The van der Waals surface area contributed by atoms with E-state index in [1.54, 1.807) is 23.5 Å². The molecule has 0 saturated heterocycles. The Kier molecular flexibility index (Phi) is 3.44. The number of carboxylic acid groups (broad SMARTS) is 1. The Labute approximate surface area is 121 Å². The summed E-state index contributed by atoms with van der Waals surface area (Å²) in [7, 11) is 0. The van der Waals surface area contributed by atoms with E-state index in [1.165, 1.54) is 10.4 Å². The van der Waals surface area contributed by atoms with Gasteiger partial charge in [-0.15, -0.1) is 11.3 Å². The van der Waals surface area contributed by atoms with Crippen LogP contribution in [-0.4, -0.2) is 16.1 Å². The van der Waals surface area contributed by atoms with Crippen molar-refractivity contribution in [3.63, 3.8) is 0 Å². The second kappa shape index (κ2) is 5.25. The molecule has 4 nitrogen and oxygen atoms in total. The molecule has 1 aliphatic carbocycles. The summed E-state index contributed by atoms with van der Waals surface area (Å²) in [5.74, 6) is -0.273. The average molecular weight is 288 g/mol. The second-order valence-electron chi connectivity index (χ2n) is 5.08. The van der Waals surface area contributed by atoms with Crippen LogP contribution in [0.3, 0.4) is 0 Å². The number of pyridine rings is 1. The number of anilines is 1. The van der Waals surface area contributed by atoms with Gasteiger partial charge in [-0.3, -0.25) is 0 Å². The van der Waals surface area contributed by atoms with Crippen molar-refractivity contribution in [1.29, 1.82) is 0 Å². The largest absolute Gasteiger partial charge is 0.478 e. The van der Waals surface area contributed by atoms with E-state index in [0.717, 1.165) is 19.3 Å². The van der Waals surface area contributed by atoms with Crippen molar-refractivity contribution >= 4 is 23.1 Å². The first-order valence-corrected chi connectivity index (χ1v) is 7.56. The molecule has 3 rings (SSSR count). The van der Waals surface area contributed by atoms with Crippen LogP contribution < -0.4 is 5.32 Å². The highest BCUT2D eigenvalue weighted by Gasteiger charge is 2.21. The Hall–Kier alpha value is -1.88. The minimum Gasteiger partial charge on any atom is -0.478 e. The van der Waals surface area contributed by atoms with Gasteiger partial charge in [0.2, 0.25) is 0 Å². The summed E-state index contributed by atoms with van der Waals surface area (Å²) in [6.45, 7) is 1.81. The Bertz CT molecular complexity index is 651. The van der Waals surface area contributed by atoms with Gasteiger partial charge in [0.1, 0.15) is 5.82 Å². The molecule has 2 aromatic rings. The summed E-state index contributed by atoms with van der Waals surface area (Å²) in [6, 6.07) is 5.59. The van der Waals surface area contributed by atoms with Gasteiger partial charge >= 0.3 is 5.97 Å². The smallest absolute Gasteiger partial charge is 0.335 e. The number of fused-ring (bicyclic) bond motifs is 1. The zero-order valence-electron chi connectivity index (χ0n) is 11.2. The molecule has 1 aliphatic rings. The maximum atomic E-state index is 11.1. The molecule has 2 N–H and O–H groups in total. The molecule has 5 heteroatoms. The summed E-state index contributed by atoms with van der Waals surface area (Å²) in [6.07, 6.45) is 3.36. The van der Waals surface area contributed by atoms with Crippen molar-refractivity contribution in [1.82, 2.24) is 4.98 Å². The second-order valence-corrected chi connectivity index (χ2v) is 6.08. The highest BCUT2D eigenvalue weighted by molar-refractivity contribution is 7.10. The third kappa shape index (κ3) is 2.54. The van der Waals surface area contributed by atoms with Crippen LogP contribution in [-0.2, 0) is 6.42 Å². The fourth-order valence-corrected chi connectivity index (χ4v) is 3.67. The van der Waals surface area contributed by atoms with Gasteiger partial charge in [0.05, 0.1) is 11.6 Å². The van der Waals surface area contributed by atoms with Crippen molar-refractivity contribution in [2.75, 3.05) is 5.32 Å². The first-order chi connectivity index (χ1) is 9.63. The molecule has 1 atom stereocenters. The number of carboxylic acids is 1. The van der Waals surface area contributed by atoms with E-state index in [2.05, 4.69) is 21.7 Å². The van der Waals surface area contributed by atoms with Gasteiger partial charge in [0.15, 0.2) is 0 Å². The van der Waals surface area contributed by atoms with Crippen molar-refractivity contribution in [2.24, 2.45) is 0 Å². The summed E-state index contributed by atoms with van der Waals surface area (Å²) in [4.78, 5) is 16.9. The molecule has 2 heterocycles. The van der Waals surface area contributed by atoms with Crippen LogP contribution in [0.5, 0.6) is 0 Å². The minimum absolute atomic E-state index is 0.237. The van der Waals surface area contributed by atoms with Gasteiger partial charge in [0.25, 0.3) is 0 Å². The SMILES string of the molecule is Cc1cc(C(=O)O)cc(NC2CCCc3sccc32)n1. The lowest BCUT2D eigenvalue weighted by atomic mass is 9.94. The predicted molar refractivity (Wildman–Crippen MR) is 79.6 cm³/mol. The molecular formula is C15H16N2O2S. The summed E-state index contributed by atoms with van der Waals surface area (Å²) in [5, 5.41) is 14.6. The molecule has 0 saturated carbocycles. The molecule has 0 radical (unpaired) electrons. The van der Waals surface area contributed by atoms with Crippen LogP contribution in [0.15, 0.2) is 23.6 Å². The maximum absolute atomic E-state index is 11.1. The summed E-state index contributed by atoms with van der Waals surface area (Å²) in [5.41, 5.74) is 2.33. The molecule has 0 amide bonds. The molecule has 1 unspecified atom stereocenters. The maximum Gasteiger partial charge on any atom is 0.335 e. The number of carbonyl (C=O) groups is 1. The van der Waals surface area contributed by atoms with Gasteiger partial charge in [-0.1, -0.05) is 0 Å². The predicted octanol–water partition coefficient (Wildman–Crippen LogP) is 3.64. The molecule has 0 fully saturated rings. The number of nitrogens with one attached hydrogen (secondary N) is 1. The third-order valence-corrected chi connectivity index (χ3v) is 4.57. The topological polar surface area (TPSA) is 62.2 Å². The number of aromatic nitrogens is 1. The zero-order valence-corrected chi connectivity index (χ0v) is 12.0.